The molecular formula is C12H16O. The van der Waals surface area contributed by atoms with Gasteiger partial charge in [-0.1, -0.05) is 36.4 Å². The van der Waals surface area contributed by atoms with Gasteiger partial charge in [0.25, 0.3) is 0 Å². The number of hydrogen-bond donors (Lipinski definition) is 0. The molecule has 0 aromatic heterocycles. The molecule has 0 amide bonds. The normalized spacial score (nSPS) is 14.9. The second-order valence-corrected chi connectivity index (χ2v) is 3.29. The second-order valence-electron chi connectivity index (χ2n) is 3.29. The summed E-state index contributed by atoms with van der Waals surface area (Å²) in [5.74, 6) is 0. The van der Waals surface area contributed by atoms with Crippen LogP contribution in [0.1, 0.15) is 18.9 Å². The van der Waals surface area contributed by atoms with Crippen molar-refractivity contribution in [2.24, 2.45) is 0 Å². The van der Waals surface area contributed by atoms with Crippen LogP contribution in [-0.4, -0.2) is 7.11 Å². The minimum Gasteiger partial charge on any atom is -0.373 e. The Kier molecular flexibility index (Phi) is 3.26. The van der Waals surface area contributed by atoms with Crippen molar-refractivity contribution in [3.8, 4) is 0 Å². The Balaban J connectivity index is 2.95. The van der Waals surface area contributed by atoms with E-state index < -0.39 is 0 Å². The van der Waals surface area contributed by atoms with E-state index >= 15 is 0 Å². The monoisotopic (exact) mass is 176 g/mol. The molecule has 0 saturated heterocycles. The molecule has 0 unspecified atom stereocenters. The quantitative estimate of drug-likeness (QED) is 0.640. The molecule has 0 fully saturated rings. The van der Waals surface area contributed by atoms with E-state index in [-0.39, 0.29) is 5.60 Å². The highest BCUT2D eigenvalue weighted by atomic mass is 16.5. The lowest BCUT2D eigenvalue weighted by molar-refractivity contribution is 0.00462. The average Bonchev–Trinajstić information content (AvgIpc) is 2.19. The molecule has 1 rings (SSSR count). The van der Waals surface area contributed by atoms with Crippen LogP contribution in [0.25, 0.3) is 0 Å². The van der Waals surface area contributed by atoms with Gasteiger partial charge in [0.1, 0.15) is 0 Å². The van der Waals surface area contributed by atoms with E-state index in [2.05, 4.69) is 25.6 Å². The molecule has 1 atom stereocenters. The third-order valence-electron chi connectivity index (χ3n) is 2.37. The number of methoxy groups -OCH3 is 1. The van der Waals surface area contributed by atoms with E-state index in [9.17, 15) is 0 Å². The van der Waals surface area contributed by atoms with Crippen LogP contribution in [0.4, 0.5) is 0 Å². The fraction of sp³-hybridized carbons (Fsp3) is 0.333. The van der Waals surface area contributed by atoms with E-state index in [0.717, 1.165) is 6.42 Å². The van der Waals surface area contributed by atoms with Crippen LogP contribution in [-0.2, 0) is 10.3 Å². The smallest absolute Gasteiger partial charge is 0.0933 e. The second kappa shape index (κ2) is 4.24. The van der Waals surface area contributed by atoms with Gasteiger partial charge in [0, 0.05) is 7.11 Å². The Labute approximate surface area is 80.0 Å². The summed E-state index contributed by atoms with van der Waals surface area (Å²) in [6, 6.07) is 10.2. The Morgan fingerprint density at radius 1 is 1.38 bits per heavy atom. The van der Waals surface area contributed by atoms with Gasteiger partial charge in [0.15, 0.2) is 0 Å². The average molecular weight is 176 g/mol. The molecule has 0 aliphatic heterocycles. The van der Waals surface area contributed by atoms with Gasteiger partial charge >= 0.3 is 0 Å². The third-order valence-corrected chi connectivity index (χ3v) is 2.37. The molecule has 70 valence electrons. The standard InChI is InChI=1S/C12H16O/c1-4-10-12(2,13-3)11-8-6-5-7-9-11/h4-9H,1,10H2,2-3H3/t12-/m1/s1. The number of hydrogen-bond acceptors (Lipinski definition) is 1. The van der Waals surface area contributed by atoms with Crippen molar-refractivity contribution in [2.75, 3.05) is 7.11 Å². The highest BCUT2D eigenvalue weighted by Crippen LogP contribution is 2.28. The first-order valence-electron chi connectivity index (χ1n) is 4.44. The summed E-state index contributed by atoms with van der Waals surface area (Å²) in [5, 5.41) is 0. The topological polar surface area (TPSA) is 9.23 Å². The van der Waals surface area contributed by atoms with Gasteiger partial charge in [0.2, 0.25) is 0 Å². The van der Waals surface area contributed by atoms with E-state index in [1.807, 2.05) is 24.3 Å². The lowest BCUT2D eigenvalue weighted by Gasteiger charge is -2.27. The summed E-state index contributed by atoms with van der Waals surface area (Å²) in [7, 11) is 1.73. The van der Waals surface area contributed by atoms with Gasteiger partial charge in [-0.25, -0.2) is 0 Å². The molecule has 1 aromatic carbocycles. The highest BCUT2D eigenvalue weighted by Gasteiger charge is 2.23. The summed E-state index contributed by atoms with van der Waals surface area (Å²) in [6.07, 6.45) is 2.71. The fourth-order valence-electron chi connectivity index (χ4n) is 1.39. The van der Waals surface area contributed by atoms with Crippen molar-refractivity contribution in [1.29, 1.82) is 0 Å². The molecule has 0 heterocycles. The van der Waals surface area contributed by atoms with Crippen LogP contribution >= 0.6 is 0 Å². The van der Waals surface area contributed by atoms with Crippen molar-refractivity contribution in [1.82, 2.24) is 0 Å². The fourth-order valence-corrected chi connectivity index (χ4v) is 1.39. The third kappa shape index (κ3) is 2.19. The van der Waals surface area contributed by atoms with Crippen LogP contribution in [0.2, 0.25) is 0 Å². The maximum absolute atomic E-state index is 5.49. The van der Waals surface area contributed by atoms with Gasteiger partial charge < -0.3 is 4.74 Å². The van der Waals surface area contributed by atoms with Crippen LogP contribution in [0.3, 0.4) is 0 Å². The first-order valence-corrected chi connectivity index (χ1v) is 4.44. The lowest BCUT2D eigenvalue weighted by Crippen LogP contribution is -2.23. The molecule has 0 aliphatic carbocycles. The summed E-state index contributed by atoms with van der Waals surface area (Å²) >= 11 is 0. The molecule has 0 N–H and O–H groups in total. The van der Waals surface area contributed by atoms with Crippen molar-refractivity contribution < 1.29 is 4.74 Å². The maximum Gasteiger partial charge on any atom is 0.0933 e. The largest absolute Gasteiger partial charge is 0.373 e. The molecule has 1 nitrogen and oxygen atoms in total. The predicted molar refractivity (Wildman–Crippen MR) is 55.6 cm³/mol. The predicted octanol–water partition coefficient (Wildman–Crippen LogP) is 3.12. The zero-order chi connectivity index (χ0) is 9.73. The van der Waals surface area contributed by atoms with E-state index in [0.29, 0.717) is 0 Å². The molecule has 0 saturated carbocycles. The first-order chi connectivity index (χ1) is 6.23. The van der Waals surface area contributed by atoms with Crippen LogP contribution in [0.15, 0.2) is 43.0 Å². The summed E-state index contributed by atoms with van der Waals surface area (Å²) in [5.41, 5.74) is 0.959. The SMILES string of the molecule is C=CC[C@@](C)(OC)c1ccccc1. The Morgan fingerprint density at radius 2 is 2.00 bits per heavy atom. The van der Waals surface area contributed by atoms with Crippen LogP contribution < -0.4 is 0 Å². The van der Waals surface area contributed by atoms with E-state index in [1.54, 1.807) is 7.11 Å². The first kappa shape index (κ1) is 10.0. The number of rotatable bonds is 4. The zero-order valence-electron chi connectivity index (χ0n) is 8.29. The summed E-state index contributed by atoms with van der Waals surface area (Å²) in [4.78, 5) is 0. The Bertz CT molecular complexity index is 266. The minimum atomic E-state index is -0.233. The molecule has 0 aliphatic rings. The van der Waals surface area contributed by atoms with Gasteiger partial charge in [-0.2, -0.15) is 0 Å². The summed E-state index contributed by atoms with van der Waals surface area (Å²) in [6.45, 7) is 5.81. The molecular weight excluding hydrogens is 160 g/mol. The summed E-state index contributed by atoms with van der Waals surface area (Å²) < 4.78 is 5.49. The van der Waals surface area contributed by atoms with Gasteiger partial charge in [-0.3, -0.25) is 0 Å². The van der Waals surface area contributed by atoms with Gasteiger partial charge in [-0.05, 0) is 18.9 Å². The number of benzene rings is 1. The van der Waals surface area contributed by atoms with Crippen molar-refractivity contribution in [2.45, 2.75) is 18.9 Å². The van der Waals surface area contributed by atoms with Crippen molar-refractivity contribution >= 4 is 0 Å². The van der Waals surface area contributed by atoms with E-state index in [1.165, 1.54) is 5.56 Å². The van der Waals surface area contributed by atoms with Crippen LogP contribution in [0.5, 0.6) is 0 Å². The molecule has 0 bridgehead atoms. The molecule has 0 radical (unpaired) electrons. The lowest BCUT2D eigenvalue weighted by atomic mass is 9.92. The maximum atomic E-state index is 5.49. The highest BCUT2D eigenvalue weighted by molar-refractivity contribution is 5.22. The zero-order valence-corrected chi connectivity index (χ0v) is 8.29. The van der Waals surface area contributed by atoms with Crippen molar-refractivity contribution in [3.63, 3.8) is 0 Å². The Hall–Kier alpha value is -1.08. The minimum absolute atomic E-state index is 0.233. The molecule has 1 aromatic rings. The van der Waals surface area contributed by atoms with Gasteiger partial charge in [0.05, 0.1) is 5.60 Å². The molecule has 0 spiro atoms. The van der Waals surface area contributed by atoms with E-state index in [4.69, 9.17) is 4.74 Å². The number of ether oxygens (including phenoxy) is 1. The van der Waals surface area contributed by atoms with Gasteiger partial charge in [-0.15, -0.1) is 6.58 Å². The van der Waals surface area contributed by atoms with Crippen LogP contribution in [0, 0.1) is 0 Å². The molecule has 13 heavy (non-hydrogen) atoms. The molecule has 1 heteroatoms. The van der Waals surface area contributed by atoms with Crippen molar-refractivity contribution in [3.05, 3.63) is 48.6 Å². The Morgan fingerprint density at radius 3 is 2.46 bits per heavy atom.